The van der Waals surface area contributed by atoms with Crippen molar-refractivity contribution >= 4 is 17.2 Å². The lowest BCUT2D eigenvalue weighted by Gasteiger charge is -2.05. The van der Waals surface area contributed by atoms with Gasteiger partial charge in [-0.2, -0.15) is 0 Å². The van der Waals surface area contributed by atoms with Crippen LogP contribution in [0.5, 0.6) is 0 Å². The van der Waals surface area contributed by atoms with Crippen molar-refractivity contribution in [1.82, 2.24) is 29.6 Å². The lowest BCUT2D eigenvalue weighted by atomic mass is 10.2. The molecule has 0 bridgehead atoms. The zero-order valence-corrected chi connectivity index (χ0v) is 12.8. The maximum atomic E-state index is 12.4. The van der Waals surface area contributed by atoms with E-state index in [1.54, 1.807) is 28.4 Å². The Morgan fingerprint density at radius 1 is 1.17 bits per heavy atom. The molecular weight excluding hydrogens is 306 g/mol. The van der Waals surface area contributed by atoms with Gasteiger partial charge < -0.3 is 9.72 Å². The van der Waals surface area contributed by atoms with E-state index in [-0.39, 0.29) is 5.91 Å². The number of benzene rings is 1. The standard InChI is InChI=1S/C16H13N7O/c1-22-15(19-20-21-22)11-5-4-6-12(9-11)17-16(24)13-10-23-8-3-2-7-14(23)18-13/h2-10H,1H3,(H,17,24). The second-order valence-corrected chi connectivity index (χ2v) is 5.25. The summed E-state index contributed by atoms with van der Waals surface area (Å²) in [4.78, 5) is 16.7. The minimum Gasteiger partial charge on any atom is -0.321 e. The summed E-state index contributed by atoms with van der Waals surface area (Å²) in [5.74, 6) is 0.353. The number of amides is 1. The molecule has 0 aliphatic heterocycles. The normalized spacial score (nSPS) is 10.9. The average molecular weight is 319 g/mol. The summed E-state index contributed by atoms with van der Waals surface area (Å²) in [5.41, 5.74) is 2.54. The van der Waals surface area contributed by atoms with E-state index in [0.29, 0.717) is 17.2 Å². The highest BCUT2D eigenvalue weighted by molar-refractivity contribution is 6.03. The van der Waals surface area contributed by atoms with Gasteiger partial charge in [0.2, 0.25) is 0 Å². The lowest BCUT2D eigenvalue weighted by Crippen LogP contribution is -2.12. The van der Waals surface area contributed by atoms with Crippen LogP contribution in [0.2, 0.25) is 0 Å². The predicted octanol–water partition coefficient (Wildman–Crippen LogP) is 1.78. The fourth-order valence-corrected chi connectivity index (χ4v) is 2.45. The number of aromatic nitrogens is 6. The third-order valence-electron chi connectivity index (χ3n) is 3.60. The number of anilines is 1. The molecule has 0 radical (unpaired) electrons. The molecule has 3 heterocycles. The fourth-order valence-electron chi connectivity index (χ4n) is 2.45. The van der Waals surface area contributed by atoms with Gasteiger partial charge in [-0.1, -0.05) is 18.2 Å². The van der Waals surface area contributed by atoms with Gasteiger partial charge in [0.05, 0.1) is 0 Å². The minimum atomic E-state index is -0.271. The zero-order valence-electron chi connectivity index (χ0n) is 12.8. The van der Waals surface area contributed by atoms with Crippen LogP contribution in [0.15, 0.2) is 54.9 Å². The van der Waals surface area contributed by atoms with Gasteiger partial charge in [0.1, 0.15) is 11.3 Å². The van der Waals surface area contributed by atoms with Crippen molar-refractivity contribution in [3.63, 3.8) is 0 Å². The monoisotopic (exact) mass is 319 g/mol. The number of hydrogen-bond donors (Lipinski definition) is 1. The van der Waals surface area contributed by atoms with E-state index in [4.69, 9.17) is 0 Å². The number of nitrogens with zero attached hydrogens (tertiary/aromatic N) is 6. The van der Waals surface area contributed by atoms with E-state index in [9.17, 15) is 4.79 Å². The molecule has 0 fully saturated rings. The quantitative estimate of drug-likeness (QED) is 0.621. The fraction of sp³-hybridized carbons (Fsp3) is 0.0625. The Labute approximate surface area is 136 Å². The van der Waals surface area contributed by atoms with Gasteiger partial charge in [0.15, 0.2) is 5.82 Å². The molecule has 0 atom stereocenters. The van der Waals surface area contributed by atoms with Crippen LogP contribution < -0.4 is 5.32 Å². The van der Waals surface area contributed by atoms with Gasteiger partial charge >= 0.3 is 0 Å². The molecule has 3 aromatic heterocycles. The first kappa shape index (κ1) is 14.1. The maximum absolute atomic E-state index is 12.4. The molecule has 4 rings (SSSR count). The summed E-state index contributed by atoms with van der Waals surface area (Å²) < 4.78 is 3.37. The van der Waals surface area contributed by atoms with Crippen molar-refractivity contribution in [2.75, 3.05) is 5.32 Å². The highest BCUT2D eigenvalue weighted by Crippen LogP contribution is 2.20. The predicted molar refractivity (Wildman–Crippen MR) is 87.4 cm³/mol. The smallest absolute Gasteiger partial charge is 0.275 e. The zero-order chi connectivity index (χ0) is 16.5. The van der Waals surface area contributed by atoms with E-state index in [1.165, 1.54) is 0 Å². The molecule has 24 heavy (non-hydrogen) atoms. The molecule has 1 amide bonds. The average Bonchev–Trinajstić information content (AvgIpc) is 3.21. The Morgan fingerprint density at radius 2 is 2.08 bits per heavy atom. The summed E-state index contributed by atoms with van der Waals surface area (Å²) in [7, 11) is 1.76. The summed E-state index contributed by atoms with van der Waals surface area (Å²) in [6.45, 7) is 0. The van der Waals surface area contributed by atoms with Crippen molar-refractivity contribution in [2.24, 2.45) is 7.05 Å². The number of fused-ring (bicyclic) bond motifs is 1. The SMILES string of the molecule is Cn1nnnc1-c1cccc(NC(=O)c2cn3ccccc3n2)c1. The van der Waals surface area contributed by atoms with Crippen molar-refractivity contribution in [2.45, 2.75) is 0 Å². The molecule has 0 aliphatic carbocycles. The van der Waals surface area contributed by atoms with Gasteiger partial charge in [-0.25, -0.2) is 9.67 Å². The molecule has 118 valence electrons. The largest absolute Gasteiger partial charge is 0.321 e. The molecule has 0 unspecified atom stereocenters. The van der Waals surface area contributed by atoms with Gasteiger partial charge in [-0.3, -0.25) is 4.79 Å². The first-order chi connectivity index (χ1) is 11.7. The maximum Gasteiger partial charge on any atom is 0.275 e. The first-order valence-corrected chi connectivity index (χ1v) is 7.28. The number of rotatable bonds is 3. The van der Waals surface area contributed by atoms with Crippen LogP contribution in [0, 0.1) is 0 Å². The molecule has 8 heteroatoms. The highest BCUT2D eigenvalue weighted by Gasteiger charge is 2.12. The number of nitrogens with one attached hydrogen (secondary N) is 1. The number of carbonyl (C=O) groups excluding carboxylic acids is 1. The van der Waals surface area contributed by atoms with Crippen molar-refractivity contribution in [3.8, 4) is 11.4 Å². The van der Waals surface area contributed by atoms with E-state index in [0.717, 1.165) is 11.2 Å². The van der Waals surface area contributed by atoms with Crippen LogP contribution in [0.25, 0.3) is 17.0 Å². The minimum absolute atomic E-state index is 0.271. The number of aryl methyl sites for hydroxylation is 1. The van der Waals surface area contributed by atoms with E-state index >= 15 is 0 Å². The van der Waals surface area contributed by atoms with Crippen LogP contribution in [0.4, 0.5) is 5.69 Å². The Kier molecular flexibility index (Phi) is 3.27. The van der Waals surface area contributed by atoms with Gasteiger partial charge in [0, 0.05) is 30.7 Å². The Hall–Kier alpha value is -3.55. The van der Waals surface area contributed by atoms with Crippen LogP contribution in [0.3, 0.4) is 0 Å². The second kappa shape index (κ2) is 5.58. The molecule has 0 aliphatic rings. The second-order valence-electron chi connectivity index (χ2n) is 5.25. The van der Waals surface area contributed by atoms with E-state index in [2.05, 4.69) is 25.8 Å². The molecule has 8 nitrogen and oxygen atoms in total. The number of pyridine rings is 1. The molecule has 0 saturated carbocycles. The van der Waals surface area contributed by atoms with Crippen molar-refractivity contribution in [1.29, 1.82) is 0 Å². The molecule has 1 N–H and O–H groups in total. The third kappa shape index (κ3) is 2.50. The molecule has 0 spiro atoms. The molecule has 1 aromatic carbocycles. The van der Waals surface area contributed by atoms with Crippen LogP contribution in [-0.4, -0.2) is 35.5 Å². The third-order valence-corrected chi connectivity index (χ3v) is 3.60. The summed E-state index contributed by atoms with van der Waals surface area (Å²) in [6.07, 6.45) is 3.54. The van der Waals surface area contributed by atoms with Crippen LogP contribution in [0.1, 0.15) is 10.5 Å². The van der Waals surface area contributed by atoms with Gasteiger partial charge in [0.25, 0.3) is 5.91 Å². The number of carbonyl (C=O) groups is 1. The summed E-state index contributed by atoms with van der Waals surface area (Å²) in [5, 5.41) is 14.2. The van der Waals surface area contributed by atoms with Crippen LogP contribution in [-0.2, 0) is 7.05 Å². The summed E-state index contributed by atoms with van der Waals surface area (Å²) in [6, 6.07) is 13.0. The Morgan fingerprint density at radius 3 is 2.88 bits per heavy atom. The first-order valence-electron chi connectivity index (χ1n) is 7.28. The van der Waals surface area contributed by atoms with Gasteiger partial charge in [-0.15, -0.1) is 5.10 Å². The van der Waals surface area contributed by atoms with E-state index < -0.39 is 0 Å². The van der Waals surface area contributed by atoms with Gasteiger partial charge in [-0.05, 0) is 34.7 Å². The number of hydrogen-bond acceptors (Lipinski definition) is 5. The number of tetrazole rings is 1. The molecule has 0 saturated heterocycles. The Bertz CT molecular complexity index is 1000. The molecular formula is C16H13N7O. The van der Waals surface area contributed by atoms with Crippen molar-refractivity contribution in [3.05, 3.63) is 60.6 Å². The summed E-state index contributed by atoms with van der Waals surface area (Å²) >= 11 is 0. The highest BCUT2D eigenvalue weighted by atomic mass is 16.1. The van der Waals surface area contributed by atoms with Crippen LogP contribution >= 0.6 is 0 Å². The van der Waals surface area contributed by atoms with E-state index in [1.807, 2.05) is 42.6 Å². The van der Waals surface area contributed by atoms with Crippen molar-refractivity contribution < 1.29 is 4.79 Å². The lowest BCUT2D eigenvalue weighted by molar-refractivity contribution is 0.102. The molecule has 4 aromatic rings. The Balaban J connectivity index is 1.61. The number of imidazole rings is 1. The topological polar surface area (TPSA) is 90.0 Å².